The van der Waals surface area contributed by atoms with E-state index in [0.29, 0.717) is 13.1 Å². The maximum atomic E-state index is 5.49. The Bertz CT molecular complexity index is 496. The second-order valence-corrected chi connectivity index (χ2v) is 3.87. The molecule has 0 bridgehead atoms. The number of anilines is 1. The van der Waals surface area contributed by atoms with Crippen molar-refractivity contribution >= 4 is 5.69 Å². The molecule has 2 aromatic rings. The van der Waals surface area contributed by atoms with E-state index in [1.807, 2.05) is 12.1 Å². The van der Waals surface area contributed by atoms with E-state index in [0.717, 1.165) is 16.9 Å². The Morgan fingerprint density at radius 2 is 2.24 bits per heavy atom. The van der Waals surface area contributed by atoms with Crippen LogP contribution in [0.5, 0.6) is 0 Å². The minimum Gasteiger partial charge on any atom is -0.381 e. The van der Waals surface area contributed by atoms with Gasteiger partial charge in [0.15, 0.2) is 0 Å². The Labute approximate surface area is 101 Å². The molecule has 3 N–H and O–H groups in total. The summed E-state index contributed by atoms with van der Waals surface area (Å²) in [5, 5.41) is 3.23. The number of nitrogens with zero attached hydrogens (tertiary/aromatic N) is 2. The molecule has 0 fully saturated rings. The van der Waals surface area contributed by atoms with E-state index in [1.54, 1.807) is 12.5 Å². The predicted octanol–water partition coefficient (Wildman–Crippen LogP) is 1.82. The van der Waals surface area contributed by atoms with E-state index in [4.69, 9.17) is 5.73 Å². The first-order valence-electron chi connectivity index (χ1n) is 5.62. The van der Waals surface area contributed by atoms with Crippen LogP contribution in [0, 0.1) is 6.92 Å². The fourth-order valence-corrected chi connectivity index (χ4v) is 1.69. The lowest BCUT2D eigenvalue weighted by Gasteiger charge is -2.10. The van der Waals surface area contributed by atoms with Gasteiger partial charge in [0, 0.05) is 18.7 Å². The fourth-order valence-electron chi connectivity index (χ4n) is 1.69. The van der Waals surface area contributed by atoms with Crippen LogP contribution in [0.4, 0.5) is 5.69 Å². The van der Waals surface area contributed by atoms with Gasteiger partial charge in [-0.15, -0.1) is 0 Å². The molecule has 88 valence electrons. The highest BCUT2D eigenvalue weighted by atomic mass is 15.0. The molecule has 1 aromatic heterocycles. The lowest BCUT2D eigenvalue weighted by Crippen LogP contribution is -2.14. The highest BCUT2D eigenvalue weighted by Gasteiger charge is 2.05. The molecule has 0 atom stereocenters. The van der Waals surface area contributed by atoms with Crippen molar-refractivity contribution in [1.29, 1.82) is 0 Å². The van der Waals surface area contributed by atoms with Crippen molar-refractivity contribution in [3.8, 4) is 11.3 Å². The van der Waals surface area contributed by atoms with Crippen molar-refractivity contribution in [3.05, 3.63) is 42.4 Å². The second-order valence-electron chi connectivity index (χ2n) is 3.87. The largest absolute Gasteiger partial charge is 0.381 e. The van der Waals surface area contributed by atoms with E-state index < -0.39 is 0 Å². The quantitative estimate of drug-likeness (QED) is 0.838. The third-order valence-electron chi connectivity index (χ3n) is 2.46. The molecule has 0 unspecified atom stereocenters. The normalized spacial score (nSPS) is 10.2. The molecule has 4 nitrogen and oxygen atoms in total. The van der Waals surface area contributed by atoms with Gasteiger partial charge in [0.2, 0.25) is 0 Å². The number of rotatable bonds is 4. The monoisotopic (exact) mass is 228 g/mol. The predicted molar refractivity (Wildman–Crippen MR) is 69.7 cm³/mol. The van der Waals surface area contributed by atoms with Crippen molar-refractivity contribution in [1.82, 2.24) is 9.97 Å². The van der Waals surface area contributed by atoms with Crippen molar-refractivity contribution < 1.29 is 0 Å². The Kier molecular flexibility index (Phi) is 3.67. The van der Waals surface area contributed by atoms with Crippen LogP contribution in [0.1, 0.15) is 5.56 Å². The molecule has 0 spiro atoms. The number of benzene rings is 1. The molecule has 0 aliphatic rings. The molecule has 17 heavy (non-hydrogen) atoms. The zero-order valence-corrected chi connectivity index (χ0v) is 9.85. The van der Waals surface area contributed by atoms with Crippen LogP contribution in [-0.2, 0) is 0 Å². The number of aryl methyl sites for hydroxylation is 1. The van der Waals surface area contributed by atoms with Crippen molar-refractivity contribution in [3.63, 3.8) is 0 Å². The minimum atomic E-state index is 0.585. The fraction of sp³-hybridized carbons (Fsp3) is 0.231. The summed E-state index contributed by atoms with van der Waals surface area (Å²) in [6, 6.07) is 8.25. The molecule has 0 saturated carbocycles. The number of nitrogens with two attached hydrogens (primary N) is 1. The smallest absolute Gasteiger partial charge is 0.116 e. The summed E-state index contributed by atoms with van der Waals surface area (Å²) >= 11 is 0. The van der Waals surface area contributed by atoms with Crippen LogP contribution >= 0.6 is 0 Å². The van der Waals surface area contributed by atoms with Gasteiger partial charge in [-0.3, -0.25) is 0 Å². The van der Waals surface area contributed by atoms with Gasteiger partial charge in [0.1, 0.15) is 6.33 Å². The van der Waals surface area contributed by atoms with Gasteiger partial charge in [-0.1, -0.05) is 23.8 Å². The molecular formula is C13H16N4. The Morgan fingerprint density at radius 3 is 3.00 bits per heavy atom. The van der Waals surface area contributed by atoms with Crippen LogP contribution in [0.3, 0.4) is 0 Å². The Hall–Kier alpha value is -1.94. The molecule has 0 aliphatic heterocycles. The van der Waals surface area contributed by atoms with E-state index in [-0.39, 0.29) is 0 Å². The van der Waals surface area contributed by atoms with E-state index >= 15 is 0 Å². The van der Waals surface area contributed by atoms with Gasteiger partial charge in [0.05, 0.1) is 17.6 Å². The molecular weight excluding hydrogens is 212 g/mol. The number of hydrogen-bond donors (Lipinski definition) is 2. The first kappa shape index (κ1) is 11.5. The standard InChI is InChI=1S/C13H16N4/c1-10-3-2-4-11(7-10)13-12(16-6-5-14)8-15-9-17-13/h2-4,7-9,16H,5-6,14H2,1H3. The van der Waals surface area contributed by atoms with Crippen LogP contribution < -0.4 is 11.1 Å². The summed E-state index contributed by atoms with van der Waals surface area (Å²) in [7, 11) is 0. The van der Waals surface area contributed by atoms with E-state index in [2.05, 4.69) is 34.3 Å². The first-order valence-corrected chi connectivity index (χ1v) is 5.62. The maximum absolute atomic E-state index is 5.49. The summed E-state index contributed by atoms with van der Waals surface area (Å²) in [5.74, 6) is 0. The average Bonchev–Trinajstić information content (AvgIpc) is 2.37. The van der Waals surface area contributed by atoms with Crippen molar-refractivity contribution in [2.75, 3.05) is 18.4 Å². The summed E-state index contributed by atoms with van der Waals surface area (Å²) in [4.78, 5) is 8.36. The molecule has 0 saturated heterocycles. The van der Waals surface area contributed by atoms with Crippen LogP contribution in [0.25, 0.3) is 11.3 Å². The summed E-state index contributed by atoms with van der Waals surface area (Å²) in [6.07, 6.45) is 3.34. The topological polar surface area (TPSA) is 63.8 Å². The van der Waals surface area contributed by atoms with Crippen LogP contribution in [0.15, 0.2) is 36.8 Å². The van der Waals surface area contributed by atoms with E-state index in [1.165, 1.54) is 5.56 Å². The second kappa shape index (κ2) is 5.41. The zero-order chi connectivity index (χ0) is 12.1. The van der Waals surface area contributed by atoms with Gasteiger partial charge in [-0.25, -0.2) is 9.97 Å². The molecule has 0 radical (unpaired) electrons. The van der Waals surface area contributed by atoms with Crippen LogP contribution in [-0.4, -0.2) is 23.1 Å². The van der Waals surface area contributed by atoms with E-state index in [9.17, 15) is 0 Å². The number of hydrogen-bond acceptors (Lipinski definition) is 4. The Morgan fingerprint density at radius 1 is 1.35 bits per heavy atom. The number of nitrogens with one attached hydrogen (secondary N) is 1. The average molecular weight is 228 g/mol. The third kappa shape index (κ3) is 2.79. The molecule has 1 aromatic carbocycles. The molecule has 2 rings (SSSR count). The zero-order valence-electron chi connectivity index (χ0n) is 9.85. The summed E-state index contributed by atoms with van der Waals surface area (Å²) < 4.78 is 0. The molecule has 1 heterocycles. The lowest BCUT2D eigenvalue weighted by atomic mass is 10.1. The van der Waals surface area contributed by atoms with Gasteiger partial charge in [0.25, 0.3) is 0 Å². The minimum absolute atomic E-state index is 0.585. The van der Waals surface area contributed by atoms with Gasteiger partial charge < -0.3 is 11.1 Å². The van der Waals surface area contributed by atoms with Gasteiger partial charge in [-0.2, -0.15) is 0 Å². The maximum Gasteiger partial charge on any atom is 0.116 e. The molecule has 4 heteroatoms. The number of aromatic nitrogens is 2. The van der Waals surface area contributed by atoms with Crippen LogP contribution in [0.2, 0.25) is 0 Å². The lowest BCUT2D eigenvalue weighted by molar-refractivity contribution is 1.02. The van der Waals surface area contributed by atoms with Gasteiger partial charge in [-0.05, 0) is 13.0 Å². The molecule has 0 aliphatic carbocycles. The SMILES string of the molecule is Cc1cccc(-c2ncncc2NCCN)c1. The highest BCUT2D eigenvalue weighted by Crippen LogP contribution is 2.24. The third-order valence-corrected chi connectivity index (χ3v) is 2.46. The highest BCUT2D eigenvalue weighted by molar-refractivity contribution is 5.73. The summed E-state index contributed by atoms with van der Waals surface area (Å²) in [5.41, 5.74) is 9.62. The Balaban J connectivity index is 2.37. The molecule has 0 amide bonds. The summed E-state index contributed by atoms with van der Waals surface area (Å²) in [6.45, 7) is 3.37. The van der Waals surface area contributed by atoms with Crippen molar-refractivity contribution in [2.24, 2.45) is 5.73 Å². The van der Waals surface area contributed by atoms with Crippen molar-refractivity contribution in [2.45, 2.75) is 6.92 Å². The first-order chi connectivity index (χ1) is 8.31. The van der Waals surface area contributed by atoms with Gasteiger partial charge >= 0.3 is 0 Å².